The number of hydrogen-bond acceptors (Lipinski definition) is 5. The lowest BCUT2D eigenvalue weighted by molar-refractivity contribution is -0.354. The van der Waals surface area contributed by atoms with Crippen molar-refractivity contribution in [1.29, 1.82) is 0 Å². The van der Waals surface area contributed by atoms with E-state index in [1.54, 1.807) is 24.3 Å². The highest BCUT2D eigenvalue weighted by Crippen LogP contribution is 2.26. The minimum atomic E-state index is -0.385. The molecule has 0 unspecified atom stereocenters. The number of hydrogen-bond donors (Lipinski definition) is 1. The van der Waals surface area contributed by atoms with Gasteiger partial charge in [-0.1, -0.05) is 13.3 Å². The molecule has 0 bridgehead atoms. The summed E-state index contributed by atoms with van der Waals surface area (Å²) in [6.45, 7) is 4.45. The van der Waals surface area contributed by atoms with Crippen LogP contribution in [0.15, 0.2) is 48.5 Å². The van der Waals surface area contributed by atoms with Crippen LogP contribution >= 0.6 is 0 Å². The molecule has 0 aliphatic rings. The Morgan fingerprint density at radius 2 is 1.72 bits per heavy atom. The number of aromatic amines is 1. The molecule has 1 aromatic heterocycles. The van der Waals surface area contributed by atoms with Gasteiger partial charge in [0.2, 0.25) is 5.52 Å². The van der Waals surface area contributed by atoms with Gasteiger partial charge in [0.05, 0.1) is 35.9 Å². The second kappa shape index (κ2) is 9.19. The molecule has 2 aromatic carbocycles. The van der Waals surface area contributed by atoms with Crippen LogP contribution in [0.2, 0.25) is 0 Å². The maximum absolute atomic E-state index is 12.0. The fraction of sp³-hybridized carbons (Fsp3) is 0.261. The van der Waals surface area contributed by atoms with Crippen molar-refractivity contribution in [3.63, 3.8) is 0 Å². The zero-order valence-electron chi connectivity index (χ0n) is 16.9. The topological polar surface area (TPSA) is 78.8 Å². The first-order valence-electron chi connectivity index (χ1n) is 9.61. The van der Waals surface area contributed by atoms with Gasteiger partial charge in [-0.25, -0.2) is 14.6 Å². The summed E-state index contributed by atoms with van der Waals surface area (Å²) in [7, 11) is 1.36. The molecular weight excluding hydrogens is 368 g/mol. The molecule has 1 heterocycles. The largest absolute Gasteiger partial charge is 0.465 e. The molecule has 150 valence electrons. The SMILES string of the molecule is CCCCOC(=O)c1ccc(Nc2cc(C)[nH+]c3ccc(C(=O)OC)cc23)cc1. The summed E-state index contributed by atoms with van der Waals surface area (Å²) in [6.07, 6.45) is 1.84. The normalized spacial score (nSPS) is 10.6. The average molecular weight is 393 g/mol. The minimum absolute atomic E-state index is 0.316. The van der Waals surface area contributed by atoms with E-state index in [9.17, 15) is 9.59 Å². The molecule has 0 saturated heterocycles. The molecule has 0 spiro atoms. The third kappa shape index (κ3) is 4.90. The number of anilines is 2. The highest BCUT2D eigenvalue weighted by atomic mass is 16.5. The van der Waals surface area contributed by atoms with Crippen LogP contribution in [0.3, 0.4) is 0 Å². The predicted molar refractivity (Wildman–Crippen MR) is 111 cm³/mol. The van der Waals surface area contributed by atoms with Crippen LogP contribution in [0.4, 0.5) is 11.4 Å². The molecule has 3 rings (SSSR count). The van der Waals surface area contributed by atoms with E-state index in [0.29, 0.717) is 17.7 Å². The predicted octanol–water partition coefficient (Wildman–Crippen LogP) is 4.45. The summed E-state index contributed by atoms with van der Waals surface area (Å²) in [6, 6.07) is 14.5. The van der Waals surface area contributed by atoms with Crippen LogP contribution in [0.5, 0.6) is 0 Å². The zero-order valence-corrected chi connectivity index (χ0v) is 16.9. The number of nitrogens with one attached hydrogen (secondary N) is 2. The number of H-pyrrole nitrogens is 1. The summed E-state index contributed by atoms with van der Waals surface area (Å²) < 4.78 is 10.1. The number of unbranched alkanes of at least 4 members (excludes halogenated alkanes) is 1. The number of aromatic nitrogens is 1. The van der Waals surface area contributed by atoms with E-state index in [4.69, 9.17) is 9.47 Å². The molecule has 3 aromatic rings. The highest BCUT2D eigenvalue weighted by Gasteiger charge is 2.14. The zero-order chi connectivity index (χ0) is 20.8. The number of benzene rings is 2. The van der Waals surface area contributed by atoms with Crippen LogP contribution in [0.1, 0.15) is 46.2 Å². The van der Waals surface area contributed by atoms with Gasteiger partial charge in [-0.2, -0.15) is 0 Å². The van der Waals surface area contributed by atoms with Crippen LogP contribution in [0, 0.1) is 6.92 Å². The molecule has 0 radical (unpaired) electrons. The van der Waals surface area contributed by atoms with Gasteiger partial charge < -0.3 is 14.8 Å². The molecule has 0 amide bonds. The van der Waals surface area contributed by atoms with Crippen molar-refractivity contribution in [2.24, 2.45) is 0 Å². The molecule has 6 heteroatoms. The lowest BCUT2D eigenvalue weighted by Gasteiger charge is -2.10. The summed E-state index contributed by atoms with van der Waals surface area (Å²) in [5.41, 5.74) is 4.54. The van der Waals surface area contributed by atoms with E-state index < -0.39 is 0 Å². The van der Waals surface area contributed by atoms with Crippen molar-refractivity contribution >= 4 is 34.2 Å². The molecule has 0 aliphatic carbocycles. The van der Waals surface area contributed by atoms with Crippen molar-refractivity contribution < 1.29 is 24.0 Å². The average Bonchev–Trinajstić information content (AvgIpc) is 2.73. The smallest absolute Gasteiger partial charge is 0.338 e. The molecule has 0 atom stereocenters. The molecular formula is C23H25N2O4+. The van der Waals surface area contributed by atoms with Gasteiger partial charge >= 0.3 is 11.9 Å². The van der Waals surface area contributed by atoms with Crippen molar-refractivity contribution in [2.75, 3.05) is 19.0 Å². The van der Waals surface area contributed by atoms with Gasteiger partial charge in [-0.3, -0.25) is 0 Å². The van der Waals surface area contributed by atoms with Gasteiger partial charge in [0.15, 0.2) is 5.69 Å². The number of ether oxygens (including phenoxy) is 2. The standard InChI is InChI=1S/C23H24N2O4/c1-4-5-12-29-23(27)16-6-9-18(10-7-16)25-21-13-15(2)24-20-11-8-17(14-19(20)21)22(26)28-3/h6-11,13-14H,4-5,12H2,1-3H3,(H,24,25)/p+1. The number of pyridine rings is 1. The van der Waals surface area contributed by atoms with Crippen molar-refractivity contribution in [3.8, 4) is 0 Å². The first-order chi connectivity index (χ1) is 14.0. The van der Waals surface area contributed by atoms with Gasteiger partial charge in [-0.15, -0.1) is 0 Å². The first kappa shape index (κ1) is 20.3. The van der Waals surface area contributed by atoms with Gasteiger partial charge in [0.25, 0.3) is 0 Å². The maximum atomic E-state index is 12.0. The summed E-state index contributed by atoms with van der Waals surface area (Å²) in [5, 5.41) is 4.23. The summed E-state index contributed by atoms with van der Waals surface area (Å²) in [5.74, 6) is -0.701. The van der Waals surface area contributed by atoms with E-state index in [-0.39, 0.29) is 11.9 Å². The van der Waals surface area contributed by atoms with Crippen LogP contribution < -0.4 is 10.3 Å². The van der Waals surface area contributed by atoms with E-state index in [0.717, 1.165) is 40.8 Å². The van der Waals surface area contributed by atoms with Gasteiger partial charge in [0.1, 0.15) is 0 Å². The third-order valence-corrected chi connectivity index (χ3v) is 4.55. The number of esters is 2. The maximum Gasteiger partial charge on any atom is 0.338 e. The Morgan fingerprint density at radius 3 is 2.41 bits per heavy atom. The Morgan fingerprint density at radius 1 is 1.00 bits per heavy atom. The molecule has 0 saturated carbocycles. The van der Waals surface area contributed by atoms with E-state index in [1.165, 1.54) is 7.11 Å². The molecule has 6 nitrogen and oxygen atoms in total. The minimum Gasteiger partial charge on any atom is -0.465 e. The third-order valence-electron chi connectivity index (χ3n) is 4.55. The molecule has 0 aliphatic heterocycles. The van der Waals surface area contributed by atoms with E-state index in [2.05, 4.69) is 17.2 Å². The molecule has 2 N–H and O–H groups in total. The molecule has 0 fully saturated rings. The van der Waals surface area contributed by atoms with E-state index in [1.807, 2.05) is 31.2 Å². The number of aryl methyl sites for hydroxylation is 1. The van der Waals surface area contributed by atoms with Gasteiger partial charge in [0, 0.05) is 24.7 Å². The Balaban J connectivity index is 1.85. The second-order valence-electron chi connectivity index (χ2n) is 6.81. The summed E-state index contributed by atoms with van der Waals surface area (Å²) in [4.78, 5) is 27.2. The fourth-order valence-electron chi connectivity index (χ4n) is 3.00. The van der Waals surface area contributed by atoms with Crippen LogP contribution in [0.25, 0.3) is 10.9 Å². The Kier molecular flexibility index (Phi) is 6.44. The van der Waals surface area contributed by atoms with Crippen LogP contribution in [-0.2, 0) is 9.47 Å². The lowest BCUT2D eigenvalue weighted by atomic mass is 10.1. The Labute approximate surface area is 169 Å². The number of fused-ring (bicyclic) bond motifs is 1. The van der Waals surface area contributed by atoms with Crippen molar-refractivity contribution in [1.82, 2.24) is 0 Å². The number of methoxy groups -OCH3 is 1. The Hall–Kier alpha value is -3.41. The number of rotatable bonds is 7. The fourth-order valence-corrected chi connectivity index (χ4v) is 3.00. The quantitative estimate of drug-likeness (QED) is 0.474. The monoisotopic (exact) mass is 393 g/mol. The second-order valence-corrected chi connectivity index (χ2v) is 6.81. The molecule has 29 heavy (non-hydrogen) atoms. The first-order valence-corrected chi connectivity index (χ1v) is 9.61. The van der Waals surface area contributed by atoms with E-state index >= 15 is 0 Å². The lowest BCUT2D eigenvalue weighted by Crippen LogP contribution is -2.11. The summed E-state index contributed by atoms with van der Waals surface area (Å²) >= 11 is 0. The van der Waals surface area contributed by atoms with Crippen molar-refractivity contribution in [2.45, 2.75) is 26.7 Å². The van der Waals surface area contributed by atoms with Crippen LogP contribution in [-0.4, -0.2) is 25.7 Å². The number of carbonyl (C=O) groups excluding carboxylic acids is 2. The highest BCUT2D eigenvalue weighted by molar-refractivity contribution is 5.98. The Bertz CT molecular complexity index is 1030. The van der Waals surface area contributed by atoms with Gasteiger partial charge in [-0.05, 0) is 42.8 Å². The number of carbonyl (C=O) groups is 2. The van der Waals surface area contributed by atoms with Crippen molar-refractivity contribution in [3.05, 3.63) is 65.4 Å².